The number of nitrogens with zero attached hydrogens (tertiary/aromatic N) is 2. The summed E-state index contributed by atoms with van der Waals surface area (Å²) in [6.45, 7) is 11.5. The van der Waals surface area contributed by atoms with Crippen molar-refractivity contribution in [2.75, 3.05) is 19.7 Å². The van der Waals surface area contributed by atoms with E-state index in [0.717, 1.165) is 36.8 Å². The van der Waals surface area contributed by atoms with Gasteiger partial charge in [-0.25, -0.2) is 4.98 Å². The Balaban J connectivity index is 2.63. The minimum absolute atomic E-state index is 0.126. The normalized spacial score (nSPS) is 12.4. The smallest absolute Gasteiger partial charge is 0.107 e. The highest BCUT2D eigenvalue weighted by atomic mass is 32.1. The Hall–Kier alpha value is -0.450. The predicted molar refractivity (Wildman–Crippen MR) is 73.5 cm³/mol. The van der Waals surface area contributed by atoms with Crippen LogP contribution in [-0.4, -0.2) is 34.7 Å². The Bertz CT molecular complexity index is 324. The standard InChI is InChI=1S/C13H24N2OS/c1-5-6-15(7-8-16)9-12-14-11(10-17-12)13(2,3)4/h10,16H,5-9H2,1-4H3. The lowest BCUT2D eigenvalue weighted by Crippen LogP contribution is -2.27. The lowest BCUT2D eigenvalue weighted by molar-refractivity contribution is 0.190. The second-order valence-corrected chi connectivity index (χ2v) is 6.32. The first-order valence-corrected chi connectivity index (χ1v) is 7.13. The molecule has 0 bridgehead atoms. The first-order chi connectivity index (χ1) is 7.97. The maximum atomic E-state index is 9.02. The van der Waals surface area contributed by atoms with Crippen molar-refractivity contribution in [3.63, 3.8) is 0 Å². The molecule has 0 saturated heterocycles. The fourth-order valence-corrected chi connectivity index (χ4v) is 2.71. The average molecular weight is 256 g/mol. The molecule has 3 nitrogen and oxygen atoms in total. The molecule has 4 heteroatoms. The second kappa shape index (κ2) is 6.47. The van der Waals surface area contributed by atoms with Gasteiger partial charge in [-0.3, -0.25) is 4.90 Å². The van der Waals surface area contributed by atoms with Gasteiger partial charge in [0, 0.05) is 17.3 Å². The molecule has 0 aliphatic rings. The van der Waals surface area contributed by atoms with E-state index < -0.39 is 0 Å². The Morgan fingerprint density at radius 1 is 1.35 bits per heavy atom. The molecule has 0 amide bonds. The van der Waals surface area contributed by atoms with Crippen molar-refractivity contribution in [1.29, 1.82) is 0 Å². The summed E-state index contributed by atoms with van der Waals surface area (Å²) in [5, 5.41) is 12.3. The highest BCUT2D eigenvalue weighted by Crippen LogP contribution is 2.24. The summed E-state index contributed by atoms with van der Waals surface area (Å²) in [4.78, 5) is 6.94. The minimum atomic E-state index is 0.126. The minimum Gasteiger partial charge on any atom is -0.395 e. The summed E-state index contributed by atoms with van der Waals surface area (Å²) >= 11 is 1.72. The molecule has 0 aliphatic heterocycles. The molecule has 1 aromatic rings. The van der Waals surface area contributed by atoms with E-state index in [2.05, 4.69) is 43.0 Å². The van der Waals surface area contributed by atoms with E-state index in [9.17, 15) is 0 Å². The van der Waals surface area contributed by atoms with Gasteiger partial charge in [0.15, 0.2) is 0 Å². The molecule has 0 radical (unpaired) electrons. The van der Waals surface area contributed by atoms with Crippen LogP contribution in [0.2, 0.25) is 0 Å². The number of aliphatic hydroxyl groups excluding tert-OH is 1. The van der Waals surface area contributed by atoms with Crippen molar-refractivity contribution in [2.45, 2.75) is 46.1 Å². The highest BCUT2D eigenvalue weighted by Gasteiger charge is 2.18. The zero-order chi connectivity index (χ0) is 12.9. The summed E-state index contributed by atoms with van der Waals surface area (Å²) in [5.74, 6) is 0. The van der Waals surface area contributed by atoms with E-state index in [-0.39, 0.29) is 12.0 Å². The molecule has 0 saturated carbocycles. The van der Waals surface area contributed by atoms with Crippen LogP contribution in [0.5, 0.6) is 0 Å². The predicted octanol–water partition coefficient (Wildman–Crippen LogP) is 2.64. The Morgan fingerprint density at radius 2 is 2.06 bits per heavy atom. The van der Waals surface area contributed by atoms with Crippen LogP contribution in [0.1, 0.15) is 44.8 Å². The molecule has 0 atom stereocenters. The van der Waals surface area contributed by atoms with Crippen LogP contribution in [0, 0.1) is 0 Å². The van der Waals surface area contributed by atoms with Crippen LogP contribution in [-0.2, 0) is 12.0 Å². The van der Waals surface area contributed by atoms with Crippen LogP contribution in [0.15, 0.2) is 5.38 Å². The third kappa shape index (κ3) is 4.74. The Kier molecular flexibility index (Phi) is 5.56. The van der Waals surface area contributed by atoms with Gasteiger partial charge in [0.1, 0.15) is 5.01 Å². The summed E-state index contributed by atoms with van der Waals surface area (Å²) in [6.07, 6.45) is 1.11. The van der Waals surface area contributed by atoms with Gasteiger partial charge in [-0.15, -0.1) is 11.3 Å². The van der Waals surface area contributed by atoms with Crippen molar-refractivity contribution < 1.29 is 5.11 Å². The molecule has 0 aromatic carbocycles. The molecule has 17 heavy (non-hydrogen) atoms. The number of rotatable bonds is 6. The van der Waals surface area contributed by atoms with Crippen LogP contribution >= 0.6 is 11.3 Å². The third-order valence-corrected chi connectivity index (χ3v) is 3.47. The molecule has 1 rings (SSSR count). The quantitative estimate of drug-likeness (QED) is 0.850. The largest absolute Gasteiger partial charge is 0.395 e. The molecular weight excluding hydrogens is 232 g/mol. The lowest BCUT2D eigenvalue weighted by Gasteiger charge is -2.19. The fourth-order valence-electron chi connectivity index (χ4n) is 1.65. The SMILES string of the molecule is CCCN(CCO)Cc1nc(C(C)(C)C)cs1. The molecule has 1 N–H and O–H groups in total. The van der Waals surface area contributed by atoms with Crippen molar-refractivity contribution in [3.05, 3.63) is 16.1 Å². The van der Waals surface area contributed by atoms with Gasteiger partial charge in [0.2, 0.25) is 0 Å². The first kappa shape index (κ1) is 14.6. The topological polar surface area (TPSA) is 36.4 Å². The van der Waals surface area contributed by atoms with Crippen molar-refractivity contribution in [2.24, 2.45) is 0 Å². The number of aliphatic hydroxyl groups is 1. The Morgan fingerprint density at radius 3 is 2.53 bits per heavy atom. The van der Waals surface area contributed by atoms with Gasteiger partial charge < -0.3 is 5.11 Å². The number of hydrogen-bond acceptors (Lipinski definition) is 4. The number of thiazole rings is 1. The van der Waals surface area contributed by atoms with Gasteiger partial charge in [0.05, 0.1) is 18.8 Å². The zero-order valence-corrected chi connectivity index (χ0v) is 12.2. The number of aromatic nitrogens is 1. The third-order valence-electron chi connectivity index (χ3n) is 2.64. The van der Waals surface area contributed by atoms with E-state index in [1.54, 1.807) is 11.3 Å². The summed E-state index contributed by atoms with van der Waals surface area (Å²) in [5.41, 5.74) is 1.29. The van der Waals surface area contributed by atoms with E-state index >= 15 is 0 Å². The molecule has 98 valence electrons. The van der Waals surface area contributed by atoms with Gasteiger partial charge in [-0.2, -0.15) is 0 Å². The van der Waals surface area contributed by atoms with Gasteiger partial charge >= 0.3 is 0 Å². The average Bonchev–Trinajstić information content (AvgIpc) is 2.66. The van der Waals surface area contributed by atoms with E-state index in [0.29, 0.717) is 0 Å². The maximum absolute atomic E-state index is 9.02. The molecule has 1 aromatic heterocycles. The van der Waals surface area contributed by atoms with Crippen molar-refractivity contribution >= 4 is 11.3 Å². The zero-order valence-electron chi connectivity index (χ0n) is 11.4. The van der Waals surface area contributed by atoms with E-state index in [1.165, 1.54) is 0 Å². The van der Waals surface area contributed by atoms with Gasteiger partial charge in [-0.05, 0) is 13.0 Å². The fraction of sp³-hybridized carbons (Fsp3) is 0.769. The molecule has 0 unspecified atom stereocenters. The first-order valence-electron chi connectivity index (χ1n) is 6.25. The molecule has 0 spiro atoms. The van der Waals surface area contributed by atoms with Crippen LogP contribution in [0.3, 0.4) is 0 Å². The van der Waals surface area contributed by atoms with E-state index in [1.807, 2.05) is 0 Å². The summed E-state index contributed by atoms with van der Waals surface area (Å²) < 4.78 is 0. The summed E-state index contributed by atoms with van der Waals surface area (Å²) in [6, 6.07) is 0. The van der Waals surface area contributed by atoms with Crippen LogP contribution in [0.4, 0.5) is 0 Å². The van der Waals surface area contributed by atoms with Crippen molar-refractivity contribution in [1.82, 2.24) is 9.88 Å². The summed E-state index contributed by atoms with van der Waals surface area (Å²) in [7, 11) is 0. The lowest BCUT2D eigenvalue weighted by atomic mass is 9.93. The molecule has 0 fully saturated rings. The number of hydrogen-bond donors (Lipinski definition) is 1. The van der Waals surface area contributed by atoms with Gasteiger partial charge in [0.25, 0.3) is 0 Å². The second-order valence-electron chi connectivity index (χ2n) is 5.38. The van der Waals surface area contributed by atoms with Gasteiger partial charge in [-0.1, -0.05) is 27.7 Å². The van der Waals surface area contributed by atoms with Crippen molar-refractivity contribution in [3.8, 4) is 0 Å². The molecule has 0 aliphatic carbocycles. The monoisotopic (exact) mass is 256 g/mol. The van der Waals surface area contributed by atoms with Crippen LogP contribution in [0.25, 0.3) is 0 Å². The molecular formula is C13H24N2OS. The Labute approximate surface area is 108 Å². The molecule has 1 heterocycles. The van der Waals surface area contributed by atoms with Crippen LogP contribution < -0.4 is 0 Å². The maximum Gasteiger partial charge on any atom is 0.107 e. The highest BCUT2D eigenvalue weighted by molar-refractivity contribution is 7.09. The van der Waals surface area contributed by atoms with E-state index in [4.69, 9.17) is 5.11 Å².